The van der Waals surface area contributed by atoms with Crippen LogP contribution in [-0.2, 0) is 20.2 Å². The summed E-state index contributed by atoms with van der Waals surface area (Å²) in [7, 11) is -7.31. The van der Waals surface area contributed by atoms with Crippen LogP contribution in [0.15, 0.2) is 0 Å². The minimum atomic E-state index is -4.28. The van der Waals surface area contributed by atoms with E-state index in [1.165, 1.54) is 0 Å². The van der Waals surface area contributed by atoms with Crippen molar-refractivity contribution < 1.29 is 85.1 Å². The molecule has 0 aliphatic heterocycles. The van der Waals surface area contributed by atoms with Gasteiger partial charge in [0.1, 0.15) is 9.16 Å². The van der Waals surface area contributed by atoms with Crippen molar-refractivity contribution in [2.45, 2.75) is 22.0 Å². The van der Waals surface area contributed by atoms with Crippen molar-refractivity contribution in [3.8, 4) is 0 Å². The van der Waals surface area contributed by atoms with Gasteiger partial charge in [-0.1, -0.05) is 21.6 Å². The molecule has 0 bridgehead atoms. The Kier molecular flexibility index (Phi) is 15.8. The van der Waals surface area contributed by atoms with Crippen molar-refractivity contribution in [3.63, 3.8) is 0 Å². The summed E-state index contributed by atoms with van der Waals surface area (Å²) in [5, 5.41) is 0. The molecule has 2 atom stereocenters. The maximum Gasteiger partial charge on any atom is 1.00 e. The van der Waals surface area contributed by atoms with Crippen molar-refractivity contribution in [1.82, 2.24) is 0 Å². The third kappa shape index (κ3) is 10.3. The molecule has 0 radical (unpaired) electrons. The van der Waals surface area contributed by atoms with Crippen LogP contribution in [0.4, 0.5) is 0 Å². The molecule has 0 aromatic heterocycles. The third-order valence-corrected chi connectivity index (χ3v) is 8.71. The Bertz CT molecular complexity index is 368. The zero-order chi connectivity index (χ0) is 13.0. The molecule has 0 amide bonds. The van der Waals surface area contributed by atoms with Crippen LogP contribution in [0.5, 0.6) is 0 Å². The van der Waals surface area contributed by atoms with E-state index >= 15 is 0 Å². The summed E-state index contributed by atoms with van der Waals surface area (Å²) in [6.45, 7) is 6.64. The Balaban J connectivity index is -0.00000112. The fourth-order valence-electron chi connectivity index (χ4n) is 0.617. The van der Waals surface area contributed by atoms with Crippen LogP contribution in [0, 0.1) is 13.8 Å². The summed E-state index contributed by atoms with van der Waals surface area (Å²) in [5.74, 6) is 0. The number of rotatable bonds is 7. The van der Waals surface area contributed by atoms with Gasteiger partial charge in [-0.3, -0.25) is 9.11 Å². The molecule has 0 saturated heterocycles. The predicted molar refractivity (Wildman–Crippen MR) is 65.8 cm³/mol. The summed E-state index contributed by atoms with van der Waals surface area (Å²) in [5.41, 5.74) is 0. The fraction of sp³-hybridized carbons (Fsp3) is 0.667. The van der Waals surface area contributed by atoms with Gasteiger partial charge >= 0.3 is 59.1 Å². The van der Waals surface area contributed by atoms with Crippen LogP contribution >= 0.6 is 21.6 Å². The summed E-state index contributed by atoms with van der Waals surface area (Å²) >= 11 is 0. The Morgan fingerprint density at radius 1 is 0.833 bits per heavy atom. The van der Waals surface area contributed by atoms with E-state index in [0.717, 1.165) is 0 Å². The first-order valence-electron chi connectivity index (χ1n) is 3.96. The second-order valence-corrected chi connectivity index (χ2v) is 9.13. The SMILES string of the molecule is [CH2-]CC(SSC(C[CH2-])S(=O)(=O)O)S(=O)(=O)O.[Na+].[Na+]. The Morgan fingerprint density at radius 3 is 1.17 bits per heavy atom. The van der Waals surface area contributed by atoms with Gasteiger partial charge in [-0.25, -0.2) is 0 Å². The molecule has 0 spiro atoms. The molecule has 0 aromatic carbocycles. The first kappa shape index (κ1) is 25.5. The minimum absolute atomic E-state index is 0. The van der Waals surface area contributed by atoms with Gasteiger partial charge in [-0.05, 0) is 0 Å². The first-order valence-corrected chi connectivity index (χ1v) is 9.24. The molecule has 98 valence electrons. The molecule has 12 heteroatoms. The van der Waals surface area contributed by atoms with Gasteiger partial charge < -0.3 is 13.8 Å². The summed E-state index contributed by atoms with van der Waals surface area (Å²) in [4.78, 5) is 0. The monoisotopic (exact) mass is 354 g/mol. The van der Waals surface area contributed by atoms with Crippen LogP contribution in [0.1, 0.15) is 12.8 Å². The van der Waals surface area contributed by atoms with Gasteiger partial charge in [0, 0.05) is 0 Å². The number of hydrogen-bond acceptors (Lipinski definition) is 6. The molecule has 0 aromatic rings. The van der Waals surface area contributed by atoms with Gasteiger partial charge in [-0.15, -0.1) is 0 Å². The topological polar surface area (TPSA) is 109 Å². The second-order valence-electron chi connectivity index (χ2n) is 2.66. The third-order valence-electron chi connectivity index (χ3n) is 1.41. The van der Waals surface area contributed by atoms with Gasteiger partial charge in [0.05, 0.1) is 0 Å². The van der Waals surface area contributed by atoms with E-state index in [-0.39, 0.29) is 72.0 Å². The maximum atomic E-state index is 10.8. The zero-order valence-corrected chi connectivity index (χ0v) is 17.4. The van der Waals surface area contributed by atoms with E-state index in [1.807, 2.05) is 0 Å². The maximum absolute atomic E-state index is 10.8. The van der Waals surface area contributed by atoms with Gasteiger partial charge in [-0.2, -0.15) is 29.7 Å². The van der Waals surface area contributed by atoms with Crippen LogP contribution < -0.4 is 59.1 Å². The zero-order valence-electron chi connectivity index (χ0n) is 10.1. The van der Waals surface area contributed by atoms with E-state index in [1.54, 1.807) is 0 Å². The van der Waals surface area contributed by atoms with E-state index in [2.05, 4.69) is 13.8 Å². The Labute approximate surface area is 160 Å². The normalized spacial score (nSPS) is 15.1. The quantitative estimate of drug-likeness (QED) is 0.203. The molecular formula is C6H12Na2O6S4. The fourth-order valence-corrected chi connectivity index (χ4v) is 6.37. The van der Waals surface area contributed by atoms with Crippen molar-refractivity contribution >= 4 is 41.8 Å². The first-order chi connectivity index (χ1) is 7.12. The molecule has 18 heavy (non-hydrogen) atoms. The average molecular weight is 354 g/mol. The number of hydrogen-bond donors (Lipinski definition) is 2. The standard InChI is InChI=1S/C6H12O6S4.2Na/c1-3-5(15(7,8)9)13-14-6(4-2)16(10,11)12;;/h5-6H,1-4H2,(H,7,8,9)(H,10,11,12);;/q-2;2*+1. The van der Waals surface area contributed by atoms with Crippen LogP contribution in [0.25, 0.3) is 0 Å². The minimum Gasteiger partial charge on any atom is -0.341 e. The Hall–Kier alpha value is 2.52. The molecular weight excluding hydrogens is 342 g/mol. The van der Waals surface area contributed by atoms with E-state index < -0.39 is 29.4 Å². The molecule has 0 heterocycles. The molecule has 0 aliphatic rings. The molecule has 2 N–H and O–H groups in total. The van der Waals surface area contributed by atoms with Crippen LogP contribution in [-0.4, -0.2) is 35.1 Å². The Morgan fingerprint density at radius 2 is 1.06 bits per heavy atom. The van der Waals surface area contributed by atoms with E-state index in [9.17, 15) is 16.8 Å². The average Bonchev–Trinajstić information content (AvgIpc) is 2.08. The van der Waals surface area contributed by atoms with Crippen molar-refractivity contribution in [3.05, 3.63) is 13.8 Å². The molecule has 0 aliphatic carbocycles. The van der Waals surface area contributed by atoms with Crippen LogP contribution in [0.2, 0.25) is 0 Å². The predicted octanol–water partition coefficient (Wildman–Crippen LogP) is -4.75. The van der Waals surface area contributed by atoms with E-state index in [0.29, 0.717) is 21.6 Å². The van der Waals surface area contributed by atoms with Crippen molar-refractivity contribution in [2.75, 3.05) is 0 Å². The molecule has 0 saturated carbocycles. The summed E-state index contributed by atoms with van der Waals surface area (Å²) in [6.07, 6.45) is -0.238. The molecule has 2 unspecified atom stereocenters. The van der Waals surface area contributed by atoms with Gasteiger partial charge in [0.15, 0.2) is 0 Å². The smallest absolute Gasteiger partial charge is 0.341 e. The van der Waals surface area contributed by atoms with Gasteiger partial charge in [0.2, 0.25) is 0 Å². The summed E-state index contributed by atoms with van der Waals surface area (Å²) in [6, 6.07) is 0. The molecule has 0 rings (SSSR count). The second kappa shape index (κ2) is 11.1. The van der Waals surface area contributed by atoms with E-state index in [4.69, 9.17) is 9.11 Å². The summed E-state index contributed by atoms with van der Waals surface area (Å²) < 4.78 is 58.1. The van der Waals surface area contributed by atoms with Crippen molar-refractivity contribution in [2.24, 2.45) is 0 Å². The van der Waals surface area contributed by atoms with Gasteiger partial charge in [0.25, 0.3) is 20.2 Å². The molecule has 6 nitrogen and oxygen atoms in total. The molecule has 0 fully saturated rings. The largest absolute Gasteiger partial charge is 1.00 e. The van der Waals surface area contributed by atoms with Crippen LogP contribution in [0.3, 0.4) is 0 Å². The van der Waals surface area contributed by atoms with Crippen molar-refractivity contribution in [1.29, 1.82) is 0 Å².